The molecule has 0 aromatic heterocycles. The van der Waals surface area contributed by atoms with Crippen LogP contribution in [0, 0.1) is 5.92 Å². The molecule has 0 N–H and O–H groups in total. The molecule has 2 aliphatic heterocycles. The predicted molar refractivity (Wildman–Crippen MR) is 108 cm³/mol. The zero-order chi connectivity index (χ0) is 20.7. The molecule has 0 spiro atoms. The number of esters is 1. The van der Waals surface area contributed by atoms with Gasteiger partial charge < -0.3 is 13.9 Å². The zero-order valence-electron chi connectivity index (χ0n) is 17.6. The van der Waals surface area contributed by atoms with E-state index >= 15 is 0 Å². The van der Waals surface area contributed by atoms with Gasteiger partial charge in [-0.15, -0.1) is 0 Å². The van der Waals surface area contributed by atoms with Gasteiger partial charge in [-0.2, -0.15) is 0 Å². The maximum atomic E-state index is 12.8. The van der Waals surface area contributed by atoms with Crippen LogP contribution in [0.2, 0.25) is 18.1 Å². The molecule has 0 radical (unpaired) electrons. The fourth-order valence-electron chi connectivity index (χ4n) is 3.76. The number of ether oxygens (including phenoxy) is 2. The molecular weight excluding hydrogens is 374 g/mol. The number of carbonyl (C=O) groups excluding carboxylic acids is 2. The molecule has 28 heavy (non-hydrogen) atoms. The first-order valence-electron chi connectivity index (χ1n) is 9.81. The molecule has 7 heteroatoms. The average molecular weight is 406 g/mol. The van der Waals surface area contributed by atoms with Crippen molar-refractivity contribution in [2.24, 2.45) is 5.92 Å². The monoisotopic (exact) mass is 405 g/mol. The summed E-state index contributed by atoms with van der Waals surface area (Å²) in [4.78, 5) is 26.8. The lowest BCUT2D eigenvalue weighted by molar-refractivity contribution is -0.146. The van der Waals surface area contributed by atoms with Gasteiger partial charge in [-0.1, -0.05) is 51.1 Å². The summed E-state index contributed by atoms with van der Waals surface area (Å²) in [7, 11) is -0.666. The minimum absolute atomic E-state index is 0.0316. The first-order valence-corrected chi connectivity index (χ1v) is 12.7. The Balaban J connectivity index is 1.74. The quantitative estimate of drug-likeness (QED) is 0.548. The van der Waals surface area contributed by atoms with Gasteiger partial charge in [0, 0.05) is 5.92 Å². The second kappa shape index (κ2) is 7.52. The van der Waals surface area contributed by atoms with Gasteiger partial charge in [0.1, 0.15) is 12.6 Å². The summed E-state index contributed by atoms with van der Waals surface area (Å²) in [6, 6.07) is 8.75. The van der Waals surface area contributed by atoms with Crippen LogP contribution in [0.1, 0.15) is 32.8 Å². The van der Waals surface area contributed by atoms with Crippen molar-refractivity contribution < 1.29 is 23.5 Å². The van der Waals surface area contributed by atoms with E-state index in [1.807, 2.05) is 30.3 Å². The van der Waals surface area contributed by atoms with Crippen molar-refractivity contribution in [2.75, 3.05) is 7.11 Å². The van der Waals surface area contributed by atoms with Crippen molar-refractivity contribution in [2.45, 2.75) is 70.1 Å². The van der Waals surface area contributed by atoms with Crippen LogP contribution >= 0.6 is 0 Å². The van der Waals surface area contributed by atoms with E-state index in [4.69, 9.17) is 13.9 Å². The number of fused-ring (bicyclic) bond motifs is 1. The van der Waals surface area contributed by atoms with Gasteiger partial charge in [-0.25, -0.2) is 9.59 Å². The molecule has 154 valence electrons. The third-order valence-corrected chi connectivity index (χ3v) is 10.9. The predicted octanol–water partition coefficient (Wildman–Crippen LogP) is 3.96. The molecular formula is C21H31NO5Si. The summed E-state index contributed by atoms with van der Waals surface area (Å²) < 4.78 is 17.1. The molecule has 1 saturated carbocycles. The first kappa shape index (κ1) is 20.9. The number of benzene rings is 1. The molecule has 6 nitrogen and oxygen atoms in total. The van der Waals surface area contributed by atoms with Gasteiger partial charge in [0.25, 0.3) is 0 Å². The molecule has 2 heterocycles. The molecule has 1 aromatic carbocycles. The second-order valence-corrected chi connectivity index (χ2v) is 14.0. The van der Waals surface area contributed by atoms with E-state index in [2.05, 4.69) is 33.9 Å². The van der Waals surface area contributed by atoms with E-state index < -0.39 is 26.4 Å². The van der Waals surface area contributed by atoms with Gasteiger partial charge in [-0.3, -0.25) is 4.90 Å². The SMILES string of the molecule is COC(=O)[C@H]1[C@H]2C[C@H]([C@H]2O[Si](C)(C)C(C)(C)C)N1C(=O)OCc1ccccc1. The molecule has 3 aliphatic rings. The number of amides is 1. The van der Waals surface area contributed by atoms with Gasteiger partial charge in [0.15, 0.2) is 8.32 Å². The van der Waals surface area contributed by atoms with Gasteiger partial charge >= 0.3 is 12.1 Å². The third-order valence-electron chi connectivity index (χ3n) is 6.47. The normalized spacial score (nSPS) is 26.6. The zero-order valence-corrected chi connectivity index (χ0v) is 18.6. The minimum atomic E-state index is -2.02. The molecule has 4 atom stereocenters. The lowest BCUT2D eigenvalue weighted by atomic mass is 9.79. The number of hydrogen-bond donors (Lipinski definition) is 0. The van der Waals surface area contributed by atoms with Crippen LogP contribution in [0.3, 0.4) is 0 Å². The van der Waals surface area contributed by atoms with Gasteiger partial charge in [0.05, 0.1) is 19.3 Å². The van der Waals surface area contributed by atoms with Crippen LogP contribution in [0.15, 0.2) is 30.3 Å². The standard InChI is InChI=1S/C21H31NO5Si/c1-21(2,3)28(5,6)27-18-15-12-16(18)22(17(15)19(23)25-4)20(24)26-13-14-10-8-7-9-11-14/h7-11,15-18H,12-13H2,1-6H3/t15-,16-,17-,18+/m1/s1. The summed E-state index contributed by atoms with van der Waals surface area (Å²) in [5, 5.41) is 0.0570. The molecule has 3 fully saturated rings. The van der Waals surface area contributed by atoms with E-state index in [0.717, 1.165) is 12.0 Å². The lowest BCUT2D eigenvalue weighted by Gasteiger charge is -2.45. The van der Waals surface area contributed by atoms with Crippen molar-refractivity contribution in [1.29, 1.82) is 0 Å². The number of rotatable bonds is 5. The molecule has 1 amide bonds. The highest BCUT2D eigenvalue weighted by Crippen LogP contribution is 2.51. The van der Waals surface area contributed by atoms with Crippen LogP contribution in [0.5, 0.6) is 0 Å². The highest BCUT2D eigenvalue weighted by Gasteiger charge is 2.65. The average Bonchev–Trinajstić information content (AvgIpc) is 3.18. The lowest BCUT2D eigenvalue weighted by Crippen LogP contribution is -2.54. The number of nitrogens with zero attached hydrogens (tertiary/aromatic N) is 1. The van der Waals surface area contributed by atoms with E-state index in [1.165, 1.54) is 7.11 Å². The highest BCUT2D eigenvalue weighted by molar-refractivity contribution is 6.74. The van der Waals surface area contributed by atoms with E-state index in [1.54, 1.807) is 4.90 Å². The van der Waals surface area contributed by atoms with E-state index in [9.17, 15) is 9.59 Å². The topological polar surface area (TPSA) is 65.1 Å². The molecule has 4 rings (SSSR count). The summed E-state index contributed by atoms with van der Waals surface area (Å²) in [6.07, 6.45) is 0.141. The summed E-state index contributed by atoms with van der Waals surface area (Å²) in [6.45, 7) is 11.1. The van der Waals surface area contributed by atoms with Crippen molar-refractivity contribution in [3.05, 3.63) is 35.9 Å². The number of methoxy groups -OCH3 is 1. The second-order valence-electron chi connectivity index (χ2n) is 9.23. The highest BCUT2D eigenvalue weighted by atomic mass is 28.4. The third kappa shape index (κ3) is 3.69. The smallest absolute Gasteiger partial charge is 0.411 e. The molecule has 2 saturated heterocycles. The molecule has 0 unspecified atom stereocenters. The Labute approximate surface area is 168 Å². The Morgan fingerprint density at radius 3 is 2.39 bits per heavy atom. The molecule has 2 bridgehead atoms. The van der Waals surface area contributed by atoms with E-state index in [0.29, 0.717) is 0 Å². The number of carbonyl (C=O) groups is 2. The Morgan fingerprint density at radius 2 is 1.82 bits per heavy atom. The van der Waals surface area contributed by atoms with Crippen LogP contribution in [-0.2, 0) is 25.3 Å². The van der Waals surface area contributed by atoms with Gasteiger partial charge in [0.2, 0.25) is 0 Å². The maximum Gasteiger partial charge on any atom is 0.411 e. The Hall–Kier alpha value is -1.86. The minimum Gasteiger partial charge on any atom is -0.467 e. The van der Waals surface area contributed by atoms with E-state index in [-0.39, 0.29) is 29.7 Å². The molecule has 1 aliphatic carbocycles. The Bertz CT molecular complexity index is 730. The van der Waals surface area contributed by atoms with Crippen LogP contribution < -0.4 is 0 Å². The summed E-state index contributed by atoms with van der Waals surface area (Å²) in [5.74, 6) is -0.429. The largest absolute Gasteiger partial charge is 0.467 e. The fraction of sp³-hybridized carbons (Fsp3) is 0.619. The summed E-state index contributed by atoms with van der Waals surface area (Å²) >= 11 is 0. The van der Waals surface area contributed by atoms with Crippen molar-refractivity contribution in [3.63, 3.8) is 0 Å². The van der Waals surface area contributed by atoms with Crippen LogP contribution in [0.4, 0.5) is 4.79 Å². The van der Waals surface area contributed by atoms with Crippen molar-refractivity contribution >= 4 is 20.4 Å². The summed E-state index contributed by atoms with van der Waals surface area (Å²) in [5.41, 5.74) is 0.908. The van der Waals surface area contributed by atoms with Crippen LogP contribution in [-0.4, -0.2) is 50.6 Å². The van der Waals surface area contributed by atoms with Crippen molar-refractivity contribution in [1.82, 2.24) is 4.90 Å². The van der Waals surface area contributed by atoms with Gasteiger partial charge in [-0.05, 0) is 30.1 Å². The Kier molecular flexibility index (Phi) is 5.60. The molecule has 1 aromatic rings. The Morgan fingerprint density at radius 1 is 1.18 bits per heavy atom. The fourth-order valence-corrected chi connectivity index (χ4v) is 5.13. The number of hydrogen-bond acceptors (Lipinski definition) is 5. The first-order chi connectivity index (χ1) is 13.1. The maximum absolute atomic E-state index is 12.8. The van der Waals surface area contributed by atoms with Crippen molar-refractivity contribution in [3.8, 4) is 0 Å². The van der Waals surface area contributed by atoms with Crippen LogP contribution in [0.25, 0.3) is 0 Å².